The highest BCUT2D eigenvalue weighted by atomic mass is 16.5. The van der Waals surface area contributed by atoms with Crippen LogP contribution in [0.2, 0.25) is 0 Å². The number of ether oxygens (including phenoxy) is 1. The SMILES string of the molecule is COc1cccc(-c2ncc(NCCCN)c(C)n2)c1. The Morgan fingerprint density at radius 3 is 2.90 bits per heavy atom. The fourth-order valence-electron chi connectivity index (χ4n) is 1.87. The summed E-state index contributed by atoms with van der Waals surface area (Å²) in [4.78, 5) is 8.94. The van der Waals surface area contributed by atoms with Crippen LogP contribution in [0, 0.1) is 6.92 Å². The average molecular weight is 272 g/mol. The lowest BCUT2D eigenvalue weighted by Crippen LogP contribution is -2.10. The predicted octanol–water partition coefficient (Wildman–Crippen LogP) is 2.22. The third-order valence-corrected chi connectivity index (χ3v) is 3.00. The van der Waals surface area contributed by atoms with Gasteiger partial charge in [0.1, 0.15) is 5.75 Å². The van der Waals surface area contributed by atoms with Crippen molar-refractivity contribution >= 4 is 5.69 Å². The summed E-state index contributed by atoms with van der Waals surface area (Å²) in [5, 5.41) is 3.29. The molecule has 0 spiro atoms. The molecule has 1 aromatic carbocycles. The highest BCUT2D eigenvalue weighted by Crippen LogP contribution is 2.22. The molecule has 2 rings (SSSR count). The van der Waals surface area contributed by atoms with Crippen LogP contribution in [-0.4, -0.2) is 30.2 Å². The Balaban J connectivity index is 2.19. The molecule has 106 valence electrons. The summed E-state index contributed by atoms with van der Waals surface area (Å²) < 4.78 is 5.22. The molecule has 0 saturated carbocycles. The topological polar surface area (TPSA) is 73.1 Å². The maximum Gasteiger partial charge on any atom is 0.159 e. The quantitative estimate of drug-likeness (QED) is 0.789. The maximum atomic E-state index is 5.48. The van der Waals surface area contributed by atoms with Crippen LogP contribution in [0.5, 0.6) is 5.75 Å². The van der Waals surface area contributed by atoms with Gasteiger partial charge < -0.3 is 15.8 Å². The third kappa shape index (κ3) is 3.45. The second kappa shape index (κ2) is 6.86. The maximum absolute atomic E-state index is 5.48. The number of nitrogens with two attached hydrogens (primary N) is 1. The monoisotopic (exact) mass is 272 g/mol. The molecule has 20 heavy (non-hydrogen) atoms. The van der Waals surface area contributed by atoms with Crippen LogP contribution < -0.4 is 15.8 Å². The zero-order chi connectivity index (χ0) is 14.4. The smallest absolute Gasteiger partial charge is 0.159 e. The number of aromatic nitrogens is 2. The molecule has 0 aliphatic rings. The Morgan fingerprint density at radius 2 is 2.20 bits per heavy atom. The van der Waals surface area contributed by atoms with Gasteiger partial charge in [0.15, 0.2) is 5.82 Å². The summed E-state index contributed by atoms with van der Waals surface area (Å²) in [6, 6.07) is 7.73. The average Bonchev–Trinajstić information content (AvgIpc) is 2.49. The molecule has 0 fully saturated rings. The first-order chi connectivity index (χ1) is 9.74. The summed E-state index contributed by atoms with van der Waals surface area (Å²) in [7, 11) is 1.65. The lowest BCUT2D eigenvalue weighted by atomic mass is 10.2. The van der Waals surface area contributed by atoms with Gasteiger partial charge in [0.05, 0.1) is 24.7 Å². The van der Waals surface area contributed by atoms with Crippen molar-refractivity contribution in [2.45, 2.75) is 13.3 Å². The number of benzene rings is 1. The molecule has 0 radical (unpaired) electrons. The van der Waals surface area contributed by atoms with Crippen LogP contribution in [0.25, 0.3) is 11.4 Å². The lowest BCUT2D eigenvalue weighted by molar-refractivity contribution is 0.415. The summed E-state index contributed by atoms with van der Waals surface area (Å²) in [5.74, 6) is 1.50. The molecule has 0 amide bonds. The summed E-state index contributed by atoms with van der Waals surface area (Å²) in [6.07, 6.45) is 2.74. The van der Waals surface area contributed by atoms with Gasteiger partial charge in [0, 0.05) is 12.1 Å². The van der Waals surface area contributed by atoms with Crippen molar-refractivity contribution in [3.8, 4) is 17.1 Å². The van der Waals surface area contributed by atoms with Gasteiger partial charge in [-0.2, -0.15) is 0 Å². The minimum atomic E-state index is 0.675. The van der Waals surface area contributed by atoms with E-state index >= 15 is 0 Å². The van der Waals surface area contributed by atoms with Gasteiger partial charge in [0.2, 0.25) is 0 Å². The van der Waals surface area contributed by atoms with Gasteiger partial charge in [0.25, 0.3) is 0 Å². The van der Waals surface area contributed by atoms with Crippen molar-refractivity contribution in [1.82, 2.24) is 9.97 Å². The Bertz CT molecular complexity index is 572. The molecule has 2 aromatic rings. The highest BCUT2D eigenvalue weighted by Gasteiger charge is 2.06. The van der Waals surface area contributed by atoms with Gasteiger partial charge in [-0.1, -0.05) is 12.1 Å². The zero-order valence-corrected chi connectivity index (χ0v) is 11.9. The molecular weight excluding hydrogens is 252 g/mol. The molecule has 0 unspecified atom stereocenters. The van der Waals surface area contributed by atoms with E-state index in [2.05, 4.69) is 15.3 Å². The first kappa shape index (κ1) is 14.3. The number of hydrogen-bond acceptors (Lipinski definition) is 5. The Morgan fingerprint density at radius 1 is 1.35 bits per heavy atom. The van der Waals surface area contributed by atoms with Crippen LogP contribution >= 0.6 is 0 Å². The normalized spacial score (nSPS) is 10.3. The van der Waals surface area contributed by atoms with Gasteiger partial charge in [-0.15, -0.1) is 0 Å². The van der Waals surface area contributed by atoms with Gasteiger partial charge in [-0.3, -0.25) is 0 Å². The number of nitrogens with one attached hydrogen (secondary N) is 1. The molecule has 5 heteroatoms. The van der Waals surface area contributed by atoms with Crippen LogP contribution in [0.4, 0.5) is 5.69 Å². The van der Waals surface area contributed by atoms with Crippen molar-refractivity contribution in [2.75, 3.05) is 25.5 Å². The predicted molar refractivity (Wildman–Crippen MR) is 80.9 cm³/mol. The molecule has 0 atom stereocenters. The molecule has 0 bridgehead atoms. The molecule has 5 nitrogen and oxygen atoms in total. The highest BCUT2D eigenvalue weighted by molar-refractivity contribution is 5.59. The van der Waals surface area contributed by atoms with E-state index in [1.807, 2.05) is 37.4 Å². The van der Waals surface area contributed by atoms with Gasteiger partial charge in [-0.05, 0) is 32.0 Å². The van der Waals surface area contributed by atoms with Crippen molar-refractivity contribution in [3.63, 3.8) is 0 Å². The number of rotatable bonds is 6. The molecule has 1 aromatic heterocycles. The summed E-state index contributed by atoms with van der Waals surface area (Å²) in [5.41, 5.74) is 8.30. The van der Waals surface area contributed by atoms with Crippen LogP contribution in [0.1, 0.15) is 12.1 Å². The van der Waals surface area contributed by atoms with Crippen LogP contribution in [-0.2, 0) is 0 Å². The fraction of sp³-hybridized carbons (Fsp3) is 0.333. The summed E-state index contributed by atoms with van der Waals surface area (Å²) in [6.45, 7) is 3.48. The number of anilines is 1. The van der Waals surface area contributed by atoms with E-state index in [1.54, 1.807) is 7.11 Å². The van der Waals surface area contributed by atoms with Crippen molar-refractivity contribution in [1.29, 1.82) is 0 Å². The first-order valence-electron chi connectivity index (χ1n) is 6.66. The van der Waals surface area contributed by atoms with Gasteiger partial charge >= 0.3 is 0 Å². The van der Waals surface area contributed by atoms with E-state index < -0.39 is 0 Å². The van der Waals surface area contributed by atoms with Crippen LogP contribution in [0.15, 0.2) is 30.5 Å². The largest absolute Gasteiger partial charge is 0.497 e. The summed E-state index contributed by atoms with van der Waals surface area (Å²) >= 11 is 0. The molecule has 3 N–H and O–H groups in total. The fourth-order valence-corrected chi connectivity index (χ4v) is 1.87. The van der Waals surface area contributed by atoms with E-state index in [9.17, 15) is 0 Å². The zero-order valence-electron chi connectivity index (χ0n) is 11.9. The number of nitrogens with zero attached hydrogens (tertiary/aromatic N) is 2. The Hall–Kier alpha value is -2.14. The second-order valence-corrected chi connectivity index (χ2v) is 4.49. The molecule has 0 aliphatic heterocycles. The minimum Gasteiger partial charge on any atom is -0.497 e. The second-order valence-electron chi connectivity index (χ2n) is 4.49. The Labute approximate surface area is 119 Å². The molecule has 1 heterocycles. The van der Waals surface area contributed by atoms with E-state index in [0.717, 1.165) is 35.7 Å². The van der Waals surface area contributed by atoms with E-state index in [4.69, 9.17) is 10.5 Å². The minimum absolute atomic E-state index is 0.675. The van der Waals surface area contributed by atoms with E-state index in [-0.39, 0.29) is 0 Å². The first-order valence-corrected chi connectivity index (χ1v) is 6.66. The van der Waals surface area contributed by atoms with Crippen molar-refractivity contribution < 1.29 is 4.74 Å². The Kier molecular flexibility index (Phi) is 4.90. The van der Waals surface area contributed by atoms with Gasteiger partial charge in [-0.25, -0.2) is 9.97 Å². The number of aryl methyl sites for hydroxylation is 1. The third-order valence-electron chi connectivity index (χ3n) is 3.00. The number of hydrogen-bond donors (Lipinski definition) is 2. The standard InChI is InChI=1S/C15H20N4O/c1-11-14(17-8-4-7-16)10-18-15(19-11)12-5-3-6-13(9-12)20-2/h3,5-6,9-10,17H,4,7-8,16H2,1-2H3. The van der Waals surface area contributed by atoms with E-state index in [0.29, 0.717) is 12.4 Å². The molecule has 0 aliphatic carbocycles. The van der Waals surface area contributed by atoms with E-state index in [1.165, 1.54) is 0 Å². The molecular formula is C15H20N4O. The van der Waals surface area contributed by atoms with Crippen LogP contribution in [0.3, 0.4) is 0 Å². The lowest BCUT2D eigenvalue weighted by Gasteiger charge is -2.09. The number of methoxy groups -OCH3 is 1. The molecule has 0 saturated heterocycles. The van der Waals surface area contributed by atoms with Crippen molar-refractivity contribution in [3.05, 3.63) is 36.2 Å². The van der Waals surface area contributed by atoms with Crippen molar-refractivity contribution in [2.24, 2.45) is 5.73 Å².